The van der Waals surface area contributed by atoms with Crippen LogP contribution in [0.5, 0.6) is 0 Å². The smallest absolute Gasteiger partial charge is 0.303 e. The molecule has 1 aromatic heterocycles. The molecule has 130 valence electrons. The Labute approximate surface area is 147 Å². The number of aryl methyl sites for hydroxylation is 1. The van der Waals surface area contributed by atoms with E-state index < -0.39 is 0 Å². The second kappa shape index (κ2) is 8.50. The average Bonchev–Trinajstić information content (AvgIpc) is 2.65. The van der Waals surface area contributed by atoms with Gasteiger partial charge >= 0.3 is 5.91 Å². The number of pyridine rings is 1. The number of nitrogens with zero attached hydrogens (tertiary/aromatic N) is 2. The predicted molar refractivity (Wildman–Crippen MR) is 95.4 cm³/mol. The van der Waals surface area contributed by atoms with Gasteiger partial charge in [0.1, 0.15) is 13.1 Å². The van der Waals surface area contributed by atoms with Gasteiger partial charge in [-0.2, -0.15) is 5.10 Å². The summed E-state index contributed by atoms with van der Waals surface area (Å²) in [6.07, 6.45) is 5.09. The van der Waals surface area contributed by atoms with Gasteiger partial charge in [0.05, 0.1) is 19.4 Å². The second-order valence-corrected chi connectivity index (χ2v) is 6.13. The lowest BCUT2D eigenvalue weighted by molar-refractivity contribution is -0.929. The number of hydrazone groups is 1. The Kier molecular flexibility index (Phi) is 5.87. The lowest BCUT2D eigenvalue weighted by Crippen LogP contribution is -3.15. The molecule has 0 unspecified atom stereocenters. The van der Waals surface area contributed by atoms with Gasteiger partial charge in [-0.25, -0.2) is 5.43 Å². The summed E-state index contributed by atoms with van der Waals surface area (Å²) in [4.78, 5) is 18.0. The van der Waals surface area contributed by atoms with Gasteiger partial charge in [0.15, 0.2) is 6.04 Å². The third-order valence-electron chi connectivity index (χ3n) is 4.31. The zero-order valence-electron chi connectivity index (χ0n) is 14.3. The van der Waals surface area contributed by atoms with Gasteiger partial charge in [0, 0.05) is 18.0 Å². The molecule has 6 nitrogen and oxygen atoms in total. The fourth-order valence-corrected chi connectivity index (χ4v) is 2.94. The summed E-state index contributed by atoms with van der Waals surface area (Å²) in [6.45, 7) is 4.95. The lowest BCUT2D eigenvalue weighted by Gasteiger charge is -2.30. The molecule has 1 aliphatic heterocycles. The van der Waals surface area contributed by atoms with Crippen LogP contribution in [0.1, 0.15) is 22.7 Å². The monoisotopic (exact) mass is 339 g/mol. The molecule has 1 amide bonds. The number of rotatable bonds is 5. The highest BCUT2D eigenvalue weighted by Gasteiger charge is 2.32. The summed E-state index contributed by atoms with van der Waals surface area (Å²) in [7, 11) is 0. The van der Waals surface area contributed by atoms with E-state index in [1.54, 1.807) is 18.6 Å². The maximum atomic E-state index is 12.8. The standard InChI is InChI=1S/C19H22N4O2/c1-15-2-4-16(5-3-15)14-21-22-19(24)18(17-6-8-20-9-7-17)23-10-12-25-13-11-23/h2-9,14,18H,10-13H2,1H3,(H,22,24)/p+1/b21-14-/t18-/m1/s1. The van der Waals surface area contributed by atoms with Crippen LogP contribution in [-0.4, -0.2) is 43.4 Å². The van der Waals surface area contributed by atoms with Gasteiger partial charge in [-0.1, -0.05) is 29.8 Å². The van der Waals surface area contributed by atoms with Crippen LogP contribution >= 0.6 is 0 Å². The van der Waals surface area contributed by atoms with E-state index in [0.717, 1.165) is 24.2 Å². The molecule has 0 radical (unpaired) electrons. The molecule has 0 saturated carbocycles. The molecular formula is C19H23N4O2+. The first kappa shape index (κ1) is 17.3. The number of morpholine rings is 1. The summed E-state index contributed by atoms with van der Waals surface area (Å²) in [5.74, 6) is -0.119. The van der Waals surface area contributed by atoms with Gasteiger partial charge in [-0.3, -0.25) is 9.78 Å². The van der Waals surface area contributed by atoms with E-state index in [0.29, 0.717) is 13.2 Å². The SMILES string of the molecule is Cc1ccc(/C=N\NC(=O)[C@@H](c2ccncc2)[NH+]2CCOCC2)cc1. The van der Waals surface area contributed by atoms with Crippen molar-refractivity contribution in [3.8, 4) is 0 Å². The fraction of sp³-hybridized carbons (Fsp3) is 0.316. The summed E-state index contributed by atoms with van der Waals surface area (Å²) < 4.78 is 5.42. The number of carbonyl (C=O) groups excluding carboxylic acids is 1. The van der Waals surface area contributed by atoms with Crippen LogP contribution in [0, 0.1) is 6.92 Å². The summed E-state index contributed by atoms with van der Waals surface area (Å²) in [5.41, 5.74) is 5.77. The Balaban J connectivity index is 1.71. The summed E-state index contributed by atoms with van der Waals surface area (Å²) >= 11 is 0. The van der Waals surface area contributed by atoms with Crippen LogP contribution in [0.3, 0.4) is 0 Å². The molecule has 1 aromatic carbocycles. The van der Waals surface area contributed by atoms with Crippen LogP contribution in [0.25, 0.3) is 0 Å². The number of aromatic nitrogens is 1. The normalized spacial score (nSPS) is 16.7. The highest BCUT2D eigenvalue weighted by atomic mass is 16.5. The Morgan fingerprint density at radius 1 is 1.20 bits per heavy atom. The molecule has 6 heteroatoms. The van der Waals surface area contributed by atoms with E-state index in [2.05, 4.69) is 15.5 Å². The minimum absolute atomic E-state index is 0.119. The number of hydrogen-bond acceptors (Lipinski definition) is 4. The van der Waals surface area contributed by atoms with Crippen molar-refractivity contribution in [3.63, 3.8) is 0 Å². The highest BCUT2D eigenvalue weighted by Crippen LogP contribution is 2.09. The van der Waals surface area contributed by atoms with Crippen molar-refractivity contribution < 1.29 is 14.4 Å². The zero-order valence-corrected chi connectivity index (χ0v) is 14.3. The summed E-state index contributed by atoms with van der Waals surface area (Å²) in [5, 5.41) is 4.13. The molecule has 2 heterocycles. The molecule has 25 heavy (non-hydrogen) atoms. The molecule has 3 rings (SSSR count). The van der Waals surface area contributed by atoms with Crippen molar-refractivity contribution in [2.24, 2.45) is 5.10 Å². The molecule has 1 aliphatic rings. The van der Waals surface area contributed by atoms with Crippen molar-refractivity contribution in [2.75, 3.05) is 26.3 Å². The first-order valence-electron chi connectivity index (χ1n) is 8.46. The van der Waals surface area contributed by atoms with Gasteiger partial charge in [-0.15, -0.1) is 0 Å². The van der Waals surface area contributed by atoms with Gasteiger partial charge < -0.3 is 9.64 Å². The number of benzene rings is 1. The third-order valence-corrected chi connectivity index (χ3v) is 4.31. The Bertz CT molecular complexity index is 710. The first-order valence-corrected chi connectivity index (χ1v) is 8.46. The number of quaternary nitrogens is 1. The fourth-order valence-electron chi connectivity index (χ4n) is 2.94. The first-order chi connectivity index (χ1) is 12.2. The molecule has 1 atom stereocenters. The van der Waals surface area contributed by atoms with E-state index in [4.69, 9.17) is 4.74 Å². The molecule has 0 aliphatic carbocycles. The van der Waals surface area contributed by atoms with Gasteiger partial charge in [0.2, 0.25) is 0 Å². The lowest BCUT2D eigenvalue weighted by atomic mass is 10.1. The van der Waals surface area contributed by atoms with Crippen LogP contribution in [-0.2, 0) is 9.53 Å². The zero-order chi connectivity index (χ0) is 17.5. The van der Waals surface area contributed by atoms with Crippen LogP contribution in [0.15, 0.2) is 53.9 Å². The Morgan fingerprint density at radius 2 is 1.88 bits per heavy atom. The number of ether oxygens (including phenoxy) is 1. The minimum atomic E-state index is -0.318. The predicted octanol–water partition coefficient (Wildman–Crippen LogP) is 0.497. The van der Waals surface area contributed by atoms with E-state index in [9.17, 15) is 4.79 Å². The van der Waals surface area contributed by atoms with E-state index in [-0.39, 0.29) is 11.9 Å². The van der Waals surface area contributed by atoms with Crippen molar-refractivity contribution in [1.82, 2.24) is 10.4 Å². The van der Waals surface area contributed by atoms with Gasteiger partial charge in [-0.05, 0) is 24.6 Å². The van der Waals surface area contributed by atoms with Crippen molar-refractivity contribution in [2.45, 2.75) is 13.0 Å². The Hall–Kier alpha value is -2.57. The quantitative estimate of drug-likeness (QED) is 0.616. The number of hydrogen-bond donors (Lipinski definition) is 2. The molecule has 1 fully saturated rings. The van der Waals surface area contributed by atoms with Crippen LogP contribution in [0.2, 0.25) is 0 Å². The maximum absolute atomic E-state index is 12.8. The topological polar surface area (TPSA) is 68.0 Å². The molecule has 0 bridgehead atoms. The molecule has 1 saturated heterocycles. The molecule has 2 aromatic rings. The van der Waals surface area contributed by atoms with E-state index >= 15 is 0 Å². The highest BCUT2D eigenvalue weighted by molar-refractivity contribution is 5.84. The Morgan fingerprint density at radius 3 is 2.56 bits per heavy atom. The number of carbonyl (C=O) groups is 1. The molecular weight excluding hydrogens is 316 g/mol. The minimum Gasteiger partial charge on any atom is -0.370 e. The maximum Gasteiger partial charge on any atom is 0.303 e. The molecule has 2 N–H and O–H groups in total. The van der Waals surface area contributed by atoms with Crippen LogP contribution < -0.4 is 10.3 Å². The van der Waals surface area contributed by atoms with E-state index in [1.807, 2.05) is 43.3 Å². The molecule has 0 spiro atoms. The van der Waals surface area contributed by atoms with Crippen molar-refractivity contribution in [3.05, 3.63) is 65.5 Å². The number of amides is 1. The van der Waals surface area contributed by atoms with Crippen molar-refractivity contribution in [1.29, 1.82) is 0 Å². The average molecular weight is 339 g/mol. The summed E-state index contributed by atoms with van der Waals surface area (Å²) in [6, 6.07) is 11.4. The number of nitrogens with one attached hydrogen (secondary N) is 2. The second-order valence-electron chi connectivity index (χ2n) is 6.13. The van der Waals surface area contributed by atoms with Crippen molar-refractivity contribution >= 4 is 12.1 Å². The third kappa shape index (κ3) is 4.71. The van der Waals surface area contributed by atoms with Gasteiger partial charge in [0.25, 0.3) is 0 Å². The van der Waals surface area contributed by atoms with Crippen LogP contribution in [0.4, 0.5) is 0 Å². The van der Waals surface area contributed by atoms with E-state index in [1.165, 1.54) is 10.5 Å². The largest absolute Gasteiger partial charge is 0.370 e.